The Morgan fingerprint density at radius 1 is 1.78 bits per heavy atom. The van der Waals surface area contributed by atoms with Crippen molar-refractivity contribution in [3.8, 4) is 0 Å². The molecule has 0 aromatic carbocycles. The Morgan fingerprint density at radius 3 is 3.00 bits per heavy atom. The fourth-order valence-corrected chi connectivity index (χ4v) is 0.985. The van der Waals surface area contributed by atoms with Crippen LogP contribution < -0.4 is 5.56 Å². The molecule has 0 aliphatic rings. The normalized spacial score (nSPS) is 9.44. The molecular formula is C4H3ClN2OS. The van der Waals surface area contributed by atoms with E-state index in [1.165, 1.54) is 6.20 Å². The van der Waals surface area contributed by atoms with Gasteiger partial charge in [-0.25, -0.2) is 5.10 Å². The number of hydrogen-bond acceptors (Lipinski definition) is 3. The van der Waals surface area contributed by atoms with Crippen LogP contribution in [-0.4, -0.2) is 10.2 Å². The van der Waals surface area contributed by atoms with Crippen molar-refractivity contribution in [1.82, 2.24) is 10.2 Å². The van der Waals surface area contributed by atoms with Gasteiger partial charge in [-0.15, -0.1) is 0 Å². The predicted octanol–water partition coefficient (Wildman–Crippen LogP) is 1.02. The highest BCUT2D eigenvalue weighted by atomic mass is 35.7. The summed E-state index contributed by atoms with van der Waals surface area (Å²) in [7, 11) is 6.18. The fraction of sp³-hybridized carbons (Fsp3) is 0. The van der Waals surface area contributed by atoms with E-state index >= 15 is 0 Å². The van der Waals surface area contributed by atoms with E-state index in [1.54, 1.807) is 6.07 Å². The molecule has 0 radical (unpaired) electrons. The van der Waals surface area contributed by atoms with Gasteiger partial charge in [-0.3, -0.25) is 4.79 Å². The molecule has 0 saturated carbocycles. The maximum absolute atomic E-state index is 10.6. The fourth-order valence-electron chi connectivity index (χ4n) is 0.392. The summed E-state index contributed by atoms with van der Waals surface area (Å²) in [6, 6.07) is 1.55. The van der Waals surface area contributed by atoms with Gasteiger partial charge in [0.05, 0.1) is 4.90 Å². The van der Waals surface area contributed by atoms with E-state index in [-0.39, 0.29) is 5.56 Å². The minimum absolute atomic E-state index is 0.252. The van der Waals surface area contributed by atoms with E-state index in [0.29, 0.717) is 4.90 Å². The van der Waals surface area contributed by atoms with Gasteiger partial charge in [0.15, 0.2) is 0 Å². The molecule has 5 heteroatoms. The largest absolute Gasteiger partial charge is 0.279 e. The van der Waals surface area contributed by atoms with Crippen LogP contribution in [0.15, 0.2) is 22.0 Å². The Kier molecular flexibility index (Phi) is 2.13. The number of halogens is 1. The predicted molar refractivity (Wildman–Crippen MR) is 36.6 cm³/mol. The summed E-state index contributed by atoms with van der Waals surface area (Å²) < 4.78 is 0. The molecular weight excluding hydrogens is 160 g/mol. The van der Waals surface area contributed by atoms with Crippen LogP contribution in [0.2, 0.25) is 0 Å². The van der Waals surface area contributed by atoms with Gasteiger partial charge in [-0.05, 0) is 27.7 Å². The van der Waals surface area contributed by atoms with Crippen molar-refractivity contribution < 1.29 is 0 Å². The van der Waals surface area contributed by atoms with Gasteiger partial charge < -0.3 is 0 Å². The summed E-state index contributed by atoms with van der Waals surface area (Å²) in [6.07, 6.45) is 1.48. The van der Waals surface area contributed by atoms with Gasteiger partial charge in [0.25, 0.3) is 5.56 Å². The molecule has 1 aromatic heterocycles. The van der Waals surface area contributed by atoms with Gasteiger partial charge in [0, 0.05) is 6.20 Å². The van der Waals surface area contributed by atoms with Crippen LogP contribution in [0.1, 0.15) is 0 Å². The van der Waals surface area contributed by atoms with Crippen LogP contribution in [0.25, 0.3) is 0 Å². The first-order valence-corrected chi connectivity index (χ1v) is 3.81. The third-order valence-electron chi connectivity index (χ3n) is 0.773. The summed E-state index contributed by atoms with van der Waals surface area (Å²) in [6.45, 7) is 0. The first-order valence-electron chi connectivity index (χ1n) is 2.17. The van der Waals surface area contributed by atoms with Crippen molar-refractivity contribution in [3.05, 3.63) is 22.6 Å². The van der Waals surface area contributed by atoms with E-state index in [0.717, 1.165) is 11.0 Å². The van der Waals surface area contributed by atoms with Gasteiger partial charge >= 0.3 is 0 Å². The minimum atomic E-state index is -0.252. The van der Waals surface area contributed by atoms with Crippen LogP contribution in [0.4, 0.5) is 0 Å². The van der Waals surface area contributed by atoms with Crippen LogP contribution >= 0.6 is 21.7 Å². The third-order valence-corrected chi connectivity index (χ3v) is 1.76. The summed E-state index contributed by atoms with van der Waals surface area (Å²) in [4.78, 5) is 11.1. The third kappa shape index (κ3) is 1.46. The van der Waals surface area contributed by atoms with Crippen molar-refractivity contribution in [2.24, 2.45) is 0 Å². The topological polar surface area (TPSA) is 45.8 Å². The molecule has 0 unspecified atom stereocenters. The molecule has 0 spiro atoms. The summed E-state index contributed by atoms with van der Waals surface area (Å²) in [5.74, 6) is 0. The number of rotatable bonds is 1. The monoisotopic (exact) mass is 162 g/mol. The molecule has 1 N–H and O–H groups in total. The Balaban J connectivity index is 3.16. The second-order valence-electron chi connectivity index (χ2n) is 1.33. The molecule has 0 aliphatic heterocycles. The Bertz CT molecular complexity index is 248. The SMILES string of the molecule is O=c1[nH]nccc1SCl. The van der Waals surface area contributed by atoms with E-state index in [4.69, 9.17) is 10.7 Å². The zero-order valence-corrected chi connectivity index (χ0v) is 5.87. The maximum atomic E-state index is 10.6. The molecule has 0 bridgehead atoms. The van der Waals surface area contributed by atoms with Crippen LogP contribution in [0, 0.1) is 0 Å². The Morgan fingerprint density at radius 2 is 2.56 bits per heavy atom. The molecule has 1 aromatic rings. The van der Waals surface area contributed by atoms with Crippen molar-refractivity contribution in [2.75, 3.05) is 0 Å². The standard InChI is InChI=1S/C4H3ClN2OS/c5-9-3-1-2-6-7-4(3)8/h1-2H,(H,7,8). The first kappa shape index (κ1) is 6.64. The highest BCUT2D eigenvalue weighted by molar-refractivity contribution is 8.21. The van der Waals surface area contributed by atoms with Gasteiger partial charge in [0.1, 0.15) is 0 Å². The lowest BCUT2D eigenvalue weighted by molar-refractivity contribution is 0.948. The lowest BCUT2D eigenvalue weighted by Gasteiger charge is -1.86. The van der Waals surface area contributed by atoms with Crippen LogP contribution in [0.3, 0.4) is 0 Å². The number of nitrogens with one attached hydrogen (secondary N) is 1. The van der Waals surface area contributed by atoms with Gasteiger partial charge in [-0.2, -0.15) is 5.10 Å². The van der Waals surface area contributed by atoms with Gasteiger partial charge in [-0.1, -0.05) is 0 Å². The van der Waals surface area contributed by atoms with E-state index < -0.39 is 0 Å². The molecule has 3 nitrogen and oxygen atoms in total. The summed E-state index contributed by atoms with van der Waals surface area (Å²) >= 11 is 0. The lowest BCUT2D eigenvalue weighted by Crippen LogP contribution is -2.07. The first-order chi connectivity index (χ1) is 4.34. The smallest absolute Gasteiger partial charge is 0.267 e. The highest BCUT2D eigenvalue weighted by Crippen LogP contribution is 2.15. The molecule has 9 heavy (non-hydrogen) atoms. The van der Waals surface area contributed by atoms with Crippen LogP contribution in [0.5, 0.6) is 0 Å². The molecule has 1 heterocycles. The van der Waals surface area contributed by atoms with Crippen molar-refractivity contribution in [1.29, 1.82) is 0 Å². The molecule has 1 rings (SSSR count). The molecule has 0 aliphatic carbocycles. The van der Waals surface area contributed by atoms with E-state index in [2.05, 4.69) is 10.2 Å². The average molecular weight is 163 g/mol. The van der Waals surface area contributed by atoms with Crippen molar-refractivity contribution in [2.45, 2.75) is 4.90 Å². The minimum Gasteiger partial charge on any atom is -0.267 e. The van der Waals surface area contributed by atoms with Crippen molar-refractivity contribution in [3.63, 3.8) is 0 Å². The molecule has 0 fully saturated rings. The summed E-state index contributed by atoms with van der Waals surface area (Å²) in [5, 5.41) is 5.72. The lowest BCUT2D eigenvalue weighted by atomic mass is 10.6. The molecule has 48 valence electrons. The van der Waals surface area contributed by atoms with E-state index in [9.17, 15) is 4.79 Å². The number of hydrogen-bond donors (Lipinski definition) is 1. The second kappa shape index (κ2) is 2.89. The average Bonchev–Trinajstić information content (AvgIpc) is 1.89. The zero-order valence-electron chi connectivity index (χ0n) is 4.30. The maximum Gasteiger partial charge on any atom is 0.279 e. The zero-order chi connectivity index (χ0) is 6.69. The molecule has 0 atom stereocenters. The highest BCUT2D eigenvalue weighted by Gasteiger charge is 1.93. The van der Waals surface area contributed by atoms with Gasteiger partial charge in [0.2, 0.25) is 0 Å². The second-order valence-corrected chi connectivity index (χ2v) is 2.38. The number of H-pyrrole nitrogens is 1. The van der Waals surface area contributed by atoms with Crippen LogP contribution in [-0.2, 0) is 0 Å². The number of nitrogens with zero attached hydrogens (tertiary/aromatic N) is 1. The Hall–Kier alpha value is -0.480. The molecule has 0 amide bonds. The van der Waals surface area contributed by atoms with E-state index in [1.807, 2.05) is 0 Å². The summed E-state index contributed by atoms with van der Waals surface area (Å²) in [5.41, 5.74) is -0.252. The quantitative estimate of drug-likeness (QED) is 0.671. The Labute approximate surface area is 59.9 Å². The van der Waals surface area contributed by atoms with Crippen molar-refractivity contribution >= 4 is 21.7 Å². The molecule has 0 saturated heterocycles. The number of aromatic amines is 1. The number of aromatic nitrogens is 2.